The number of hydrogen-bond acceptors (Lipinski definition) is 3. The first-order valence-electron chi connectivity index (χ1n) is 8.87. The summed E-state index contributed by atoms with van der Waals surface area (Å²) >= 11 is 11.3. The molecular formula is C20H22ClN3O2S. The van der Waals surface area contributed by atoms with E-state index in [0.29, 0.717) is 40.3 Å². The number of halogens is 1. The molecule has 0 saturated carbocycles. The summed E-state index contributed by atoms with van der Waals surface area (Å²) in [5.74, 6) is 1.31. The van der Waals surface area contributed by atoms with Gasteiger partial charge in [-0.15, -0.1) is 0 Å². The molecule has 0 fully saturated rings. The van der Waals surface area contributed by atoms with Gasteiger partial charge in [-0.3, -0.25) is 4.79 Å². The predicted octanol–water partition coefficient (Wildman–Crippen LogP) is 4.26. The number of allylic oxidation sites excluding steroid dienone is 1. The first-order valence-corrected chi connectivity index (χ1v) is 9.66. The molecule has 2 N–H and O–H groups in total. The number of nitrogens with one attached hydrogen (secondary N) is 2. The molecule has 0 aliphatic carbocycles. The van der Waals surface area contributed by atoms with Gasteiger partial charge in [0.05, 0.1) is 5.57 Å². The summed E-state index contributed by atoms with van der Waals surface area (Å²) in [5, 5.41) is 7.36. The SMILES string of the molecule is CCN(CC)C(=O)C1=C(C)NC(=S)N[C@H]1c1ccc(-c2ccc(Cl)cc2)o1. The summed E-state index contributed by atoms with van der Waals surface area (Å²) in [6, 6.07) is 10.8. The molecule has 0 radical (unpaired) electrons. The second-order valence-electron chi connectivity index (χ2n) is 6.26. The van der Waals surface area contributed by atoms with E-state index in [-0.39, 0.29) is 5.91 Å². The van der Waals surface area contributed by atoms with Crippen LogP contribution >= 0.6 is 23.8 Å². The van der Waals surface area contributed by atoms with Crippen LogP contribution in [0.5, 0.6) is 0 Å². The number of likely N-dealkylation sites (N-methyl/N-ethyl adjacent to an activating group) is 1. The van der Waals surface area contributed by atoms with Crippen LogP contribution in [0.15, 0.2) is 52.1 Å². The number of amides is 1. The zero-order valence-corrected chi connectivity index (χ0v) is 17.1. The van der Waals surface area contributed by atoms with Crippen molar-refractivity contribution in [2.45, 2.75) is 26.8 Å². The van der Waals surface area contributed by atoms with Gasteiger partial charge in [-0.05, 0) is 69.4 Å². The number of benzene rings is 1. The highest BCUT2D eigenvalue weighted by Crippen LogP contribution is 2.32. The van der Waals surface area contributed by atoms with Gasteiger partial charge in [-0.2, -0.15) is 0 Å². The fourth-order valence-corrected chi connectivity index (χ4v) is 3.55. The summed E-state index contributed by atoms with van der Waals surface area (Å²) in [6.07, 6.45) is 0. The molecule has 1 aromatic heterocycles. The Morgan fingerprint density at radius 2 is 1.85 bits per heavy atom. The van der Waals surface area contributed by atoms with E-state index in [1.165, 1.54) is 0 Å². The van der Waals surface area contributed by atoms with E-state index in [9.17, 15) is 4.79 Å². The molecule has 142 valence electrons. The largest absolute Gasteiger partial charge is 0.459 e. The maximum absolute atomic E-state index is 13.1. The average molecular weight is 404 g/mol. The topological polar surface area (TPSA) is 57.5 Å². The van der Waals surface area contributed by atoms with Crippen LogP contribution in [-0.2, 0) is 4.79 Å². The Hall–Kier alpha value is -2.31. The molecule has 1 atom stereocenters. The number of furan rings is 1. The predicted molar refractivity (Wildman–Crippen MR) is 111 cm³/mol. The Balaban J connectivity index is 1.98. The van der Waals surface area contributed by atoms with Crippen molar-refractivity contribution in [3.8, 4) is 11.3 Å². The smallest absolute Gasteiger partial charge is 0.254 e. The number of carbonyl (C=O) groups excluding carboxylic acids is 1. The lowest BCUT2D eigenvalue weighted by Crippen LogP contribution is -2.47. The van der Waals surface area contributed by atoms with Crippen LogP contribution in [0.2, 0.25) is 5.02 Å². The van der Waals surface area contributed by atoms with Gasteiger partial charge in [0.1, 0.15) is 17.6 Å². The molecule has 2 heterocycles. The van der Waals surface area contributed by atoms with Crippen LogP contribution in [0.1, 0.15) is 32.6 Å². The molecule has 0 unspecified atom stereocenters. The lowest BCUT2D eigenvalue weighted by Gasteiger charge is -2.31. The quantitative estimate of drug-likeness (QED) is 0.730. The van der Waals surface area contributed by atoms with Crippen molar-refractivity contribution in [2.75, 3.05) is 13.1 Å². The molecule has 0 bridgehead atoms. The zero-order chi connectivity index (χ0) is 19.6. The van der Waals surface area contributed by atoms with Crippen LogP contribution in [0.4, 0.5) is 0 Å². The molecule has 1 aromatic carbocycles. The van der Waals surface area contributed by atoms with Gasteiger partial charge in [0.25, 0.3) is 5.91 Å². The highest BCUT2D eigenvalue weighted by atomic mass is 35.5. The minimum absolute atomic E-state index is 0.0329. The number of rotatable bonds is 5. The van der Waals surface area contributed by atoms with Gasteiger partial charge < -0.3 is 20.0 Å². The molecule has 7 heteroatoms. The Labute approximate surface area is 169 Å². The Morgan fingerprint density at radius 1 is 1.19 bits per heavy atom. The van der Waals surface area contributed by atoms with Gasteiger partial charge in [0, 0.05) is 29.4 Å². The fraction of sp³-hybridized carbons (Fsp3) is 0.300. The summed E-state index contributed by atoms with van der Waals surface area (Å²) in [7, 11) is 0. The van der Waals surface area contributed by atoms with Gasteiger partial charge in [-0.25, -0.2) is 0 Å². The summed E-state index contributed by atoms with van der Waals surface area (Å²) in [6.45, 7) is 7.06. The van der Waals surface area contributed by atoms with E-state index in [0.717, 1.165) is 11.3 Å². The number of carbonyl (C=O) groups is 1. The maximum Gasteiger partial charge on any atom is 0.254 e. The van der Waals surface area contributed by atoms with Crippen molar-refractivity contribution < 1.29 is 9.21 Å². The number of nitrogens with zero attached hydrogens (tertiary/aromatic N) is 1. The molecule has 2 aromatic rings. The number of thiocarbonyl (C=S) groups is 1. The van der Waals surface area contributed by atoms with Crippen molar-refractivity contribution in [1.82, 2.24) is 15.5 Å². The molecule has 3 rings (SSSR count). The van der Waals surface area contributed by atoms with Crippen LogP contribution in [0.25, 0.3) is 11.3 Å². The molecule has 1 aliphatic rings. The minimum atomic E-state index is -0.437. The van der Waals surface area contributed by atoms with E-state index in [2.05, 4.69) is 10.6 Å². The third-order valence-corrected chi connectivity index (χ3v) is 5.06. The van der Waals surface area contributed by atoms with Crippen LogP contribution < -0.4 is 10.6 Å². The van der Waals surface area contributed by atoms with Gasteiger partial charge in [-0.1, -0.05) is 11.6 Å². The van der Waals surface area contributed by atoms with Crippen LogP contribution in [0.3, 0.4) is 0 Å². The van der Waals surface area contributed by atoms with E-state index >= 15 is 0 Å². The van der Waals surface area contributed by atoms with Crippen molar-refractivity contribution >= 4 is 34.8 Å². The molecule has 27 heavy (non-hydrogen) atoms. The molecule has 5 nitrogen and oxygen atoms in total. The standard InChI is InChI=1S/C20H22ClN3O2S/c1-4-24(5-2)19(25)17-12(3)22-20(27)23-18(17)16-11-10-15(26-16)13-6-8-14(21)9-7-13/h6-11,18H,4-5H2,1-3H3,(H2,22,23,27)/t18-/m0/s1. The highest BCUT2D eigenvalue weighted by molar-refractivity contribution is 7.80. The molecule has 0 saturated heterocycles. The fourth-order valence-electron chi connectivity index (χ4n) is 3.15. The van der Waals surface area contributed by atoms with Gasteiger partial charge >= 0.3 is 0 Å². The van der Waals surface area contributed by atoms with Crippen molar-refractivity contribution in [3.05, 3.63) is 58.5 Å². The first-order chi connectivity index (χ1) is 12.9. The van der Waals surface area contributed by atoms with Gasteiger partial charge in [0.2, 0.25) is 0 Å². The minimum Gasteiger partial charge on any atom is -0.459 e. The van der Waals surface area contributed by atoms with E-state index in [1.54, 1.807) is 4.90 Å². The Bertz CT molecular complexity index is 885. The molecular weight excluding hydrogens is 382 g/mol. The Morgan fingerprint density at radius 3 is 2.48 bits per heavy atom. The summed E-state index contributed by atoms with van der Waals surface area (Å²) in [5.41, 5.74) is 2.27. The zero-order valence-electron chi connectivity index (χ0n) is 15.5. The normalized spacial score (nSPS) is 16.7. The maximum atomic E-state index is 13.1. The molecule has 1 aliphatic heterocycles. The van der Waals surface area contributed by atoms with E-state index < -0.39 is 6.04 Å². The highest BCUT2D eigenvalue weighted by Gasteiger charge is 2.33. The molecule has 1 amide bonds. The Kier molecular flexibility index (Phi) is 5.87. The van der Waals surface area contributed by atoms with Gasteiger partial charge in [0.15, 0.2) is 5.11 Å². The summed E-state index contributed by atoms with van der Waals surface area (Å²) in [4.78, 5) is 14.8. The second-order valence-corrected chi connectivity index (χ2v) is 7.10. The van der Waals surface area contributed by atoms with Crippen LogP contribution in [-0.4, -0.2) is 29.0 Å². The lowest BCUT2D eigenvalue weighted by atomic mass is 9.99. The second kappa shape index (κ2) is 8.15. The average Bonchev–Trinajstić information content (AvgIpc) is 3.12. The van der Waals surface area contributed by atoms with Crippen LogP contribution in [0, 0.1) is 0 Å². The number of hydrogen-bond donors (Lipinski definition) is 2. The van der Waals surface area contributed by atoms with E-state index in [4.69, 9.17) is 28.2 Å². The van der Waals surface area contributed by atoms with Crippen molar-refractivity contribution in [1.29, 1.82) is 0 Å². The van der Waals surface area contributed by atoms with Crippen molar-refractivity contribution in [2.24, 2.45) is 0 Å². The first kappa shape index (κ1) is 19.5. The summed E-state index contributed by atoms with van der Waals surface area (Å²) < 4.78 is 6.08. The molecule has 0 spiro atoms. The van der Waals surface area contributed by atoms with Crippen molar-refractivity contribution in [3.63, 3.8) is 0 Å². The lowest BCUT2D eigenvalue weighted by molar-refractivity contribution is -0.127. The van der Waals surface area contributed by atoms with E-state index in [1.807, 2.05) is 57.2 Å². The monoisotopic (exact) mass is 403 g/mol. The third-order valence-electron chi connectivity index (χ3n) is 4.59. The third kappa shape index (κ3) is 4.01.